The number of carbonyl (C=O) groups excluding carboxylic acids is 1. The van der Waals surface area contributed by atoms with Gasteiger partial charge in [-0.25, -0.2) is 17.9 Å². The van der Waals surface area contributed by atoms with Crippen molar-refractivity contribution in [3.63, 3.8) is 0 Å². The van der Waals surface area contributed by atoms with Gasteiger partial charge in [-0.2, -0.15) is 0 Å². The fourth-order valence-electron chi connectivity index (χ4n) is 5.94. The van der Waals surface area contributed by atoms with Crippen LogP contribution in [0, 0.1) is 11.8 Å². The fraction of sp³-hybridized carbons (Fsp3) is 0.667. The predicted molar refractivity (Wildman–Crippen MR) is 106 cm³/mol. The van der Waals surface area contributed by atoms with Crippen LogP contribution >= 0.6 is 0 Å². The lowest BCUT2D eigenvalue weighted by Crippen LogP contribution is -2.66. The van der Waals surface area contributed by atoms with Gasteiger partial charge in [-0.05, 0) is 73.5 Å². The number of rotatable bonds is 3. The average Bonchev–Trinajstić information content (AvgIpc) is 2.50. The topological polar surface area (TPSA) is 95.5 Å². The number of carbonyl (C=O) groups is 1. The Morgan fingerprint density at radius 3 is 2.14 bits per heavy atom. The standard InChI is InChI=1S/C21H30N2O4S/c1-19(2,3)16-4-6-17(7-5-16)28(26,27)23-18(24)22-20-9-14-8-15(10-20)12-21(25,11-14)13-20/h4-7,14-15,25H,8-13H2,1-3H3,(H2,22,23,24)/t14-,15+,20?,21?. The second kappa shape index (κ2) is 6.20. The second-order valence-electron chi connectivity index (χ2n) is 10.3. The quantitative estimate of drug-likeness (QED) is 0.719. The highest BCUT2D eigenvalue weighted by atomic mass is 32.2. The van der Waals surface area contributed by atoms with E-state index in [1.54, 1.807) is 12.1 Å². The summed E-state index contributed by atoms with van der Waals surface area (Å²) in [5.41, 5.74) is -0.253. The molecule has 3 N–H and O–H groups in total. The largest absolute Gasteiger partial charge is 0.390 e. The molecule has 0 aliphatic heterocycles. The van der Waals surface area contributed by atoms with Gasteiger partial charge in [-0.1, -0.05) is 32.9 Å². The van der Waals surface area contributed by atoms with Gasteiger partial charge in [-0.15, -0.1) is 0 Å². The molecule has 5 rings (SSSR count). The summed E-state index contributed by atoms with van der Waals surface area (Å²) in [6, 6.07) is 5.92. The summed E-state index contributed by atoms with van der Waals surface area (Å²) in [6.45, 7) is 6.17. The van der Waals surface area contributed by atoms with Gasteiger partial charge < -0.3 is 10.4 Å². The Labute approximate surface area is 167 Å². The van der Waals surface area contributed by atoms with E-state index in [2.05, 4.69) is 30.8 Å². The summed E-state index contributed by atoms with van der Waals surface area (Å²) in [5, 5.41) is 13.7. The van der Waals surface area contributed by atoms with E-state index in [-0.39, 0.29) is 10.3 Å². The van der Waals surface area contributed by atoms with E-state index in [0.29, 0.717) is 18.3 Å². The van der Waals surface area contributed by atoms with Crippen LogP contribution in [0.5, 0.6) is 0 Å². The Hall–Kier alpha value is -1.60. The van der Waals surface area contributed by atoms with Crippen LogP contribution in [0.4, 0.5) is 4.79 Å². The molecule has 4 atom stereocenters. The van der Waals surface area contributed by atoms with Crippen LogP contribution in [0.25, 0.3) is 0 Å². The molecule has 28 heavy (non-hydrogen) atoms. The molecule has 7 heteroatoms. The monoisotopic (exact) mass is 406 g/mol. The van der Waals surface area contributed by atoms with Crippen molar-refractivity contribution in [2.24, 2.45) is 11.8 Å². The summed E-state index contributed by atoms with van der Waals surface area (Å²) >= 11 is 0. The van der Waals surface area contributed by atoms with Gasteiger partial charge in [0, 0.05) is 5.54 Å². The highest BCUT2D eigenvalue weighted by Gasteiger charge is 2.57. The molecule has 1 aromatic rings. The molecule has 4 fully saturated rings. The van der Waals surface area contributed by atoms with Crippen LogP contribution in [-0.4, -0.2) is 30.7 Å². The lowest BCUT2D eigenvalue weighted by atomic mass is 9.51. The van der Waals surface area contributed by atoms with Gasteiger partial charge in [0.15, 0.2) is 0 Å². The first kappa shape index (κ1) is 19.7. The average molecular weight is 407 g/mol. The van der Waals surface area contributed by atoms with Crippen molar-refractivity contribution in [3.8, 4) is 0 Å². The van der Waals surface area contributed by atoms with E-state index in [1.807, 2.05) is 0 Å². The third-order valence-corrected chi connectivity index (χ3v) is 8.01. The van der Waals surface area contributed by atoms with Crippen molar-refractivity contribution in [1.82, 2.24) is 10.0 Å². The molecule has 0 spiro atoms. The number of aliphatic hydroxyl groups is 1. The lowest BCUT2D eigenvalue weighted by Gasteiger charge is -2.60. The van der Waals surface area contributed by atoms with E-state index >= 15 is 0 Å². The number of benzene rings is 1. The van der Waals surface area contributed by atoms with Crippen LogP contribution in [0.3, 0.4) is 0 Å². The van der Waals surface area contributed by atoms with Crippen LogP contribution in [0.2, 0.25) is 0 Å². The molecular formula is C21H30N2O4S. The zero-order valence-corrected chi connectivity index (χ0v) is 17.6. The van der Waals surface area contributed by atoms with Crippen LogP contribution < -0.4 is 10.0 Å². The lowest BCUT2D eigenvalue weighted by molar-refractivity contribution is -0.139. The van der Waals surface area contributed by atoms with E-state index in [9.17, 15) is 18.3 Å². The van der Waals surface area contributed by atoms with Crippen molar-refractivity contribution in [3.05, 3.63) is 29.8 Å². The molecule has 2 unspecified atom stereocenters. The first-order chi connectivity index (χ1) is 12.9. The number of hydrogen-bond donors (Lipinski definition) is 3. The minimum absolute atomic E-state index is 0.0693. The van der Waals surface area contributed by atoms with E-state index < -0.39 is 27.2 Å². The van der Waals surface area contributed by atoms with Gasteiger partial charge >= 0.3 is 6.03 Å². The zero-order chi connectivity index (χ0) is 20.4. The highest BCUT2D eigenvalue weighted by Crippen LogP contribution is 2.57. The molecule has 0 radical (unpaired) electrons. The molecule has 4 saturated carbocycles. The van der Waals surface area contributed by atoms with Gasteiger partial charge in [0.2, 0.25) is 0 Å². The van der Waals surface area contributed by atoms with Gasteiger partial charge in [-0.3, -0.25) is 0 Å². The van der Waals surface area contributed by atoms with Crippen molar-refractivity contribution in [2.45, 2.75) is 80.7 Å². The number of hydrogen-bond acceptors (Lipinski definition) is 4. The summed E-state index contributed by atoms with van der Waals surface area (Å²) in [7, 11) is -3.95. The summed E-state index contributed by atoms with van der Waals surface area (Å²) in [4.78, 5) is 12.6. The number of nitrogens with one attached hydrogen (secondary N) is 2. The van der Waals surface area contributed by atoms with Crippen molar-refractivity contribution in [2.75, 3.05) is 0 Å². The Bertz CT molecular complexity index is 872. The normalized spacial score (nSPS) is 34.3. The van der Waals surface area contributed by atoms with Crippen LogP contribution in [0.15, 0.2) is 29.2 Å². The summed E-state index contributed by atoms with van der Waals surface area (Å²) in [5.74, 6) is 0.821. The highest BCUT2D eigenvalue weighted by molar-refractivity contribution is 7.90. The van der Waals surface area contributed by atoms with Crippen molar-refractivity contribution < 1.29 is 18.3 Å². The zero-order valence-electron chi connectivity index (χ0n) is 16.8. The van der Waals surface area contributed by atoms with Crippen molar-refractivity contribution >= 4 is 16.1 Å². The van der Waals surface area contributed by atoms with Crippen LogP contribution in [-0.2, 0) is 15.4 Å². The van der Waals surface area contributed by atoms with E-state index in [4.69, 9.17) is 0 Å². The maximum absolute atomic E-state index is 12.6. The molecule has 154 valence electrons. The van der Waals surface area contributed by atoms with E-state index in [1.165, 1.54) is 12.1 Å². The minimum atomic E-state index is -3.95. The maximum atomic E-state index is 12.6. The molecule has 1 aromatic carbocycles. The summed E-state index contributed by atoms with van der Waals surface area (Å²) < 4.78 is 27.4. The minimum Gasteiger partial charge on any atom is -0.390 e. The van der Waals surface area contributed by atoms with E-state index in [0.717, 1.165) is 37.7 Å². The van der Waals surface area contributed by atoms with Gasteiger partial charge in [0.05, 0.1) is 10.5 Å². The molecular weight excluding hydrogens is 376 g/mol. The third-order valence-electron chi connectivity index (χ3n) is 6.67. The Kier molecular flexibility index (Phi) is 4.36. The maximum Gasteiger partial charge on any atom is 0.329 e. The first-order valence-corrected chi connectivity index (χ1v) is 11.5. The van der Waals surface area contributed by atoms with Crippen molar-refractivity contribution in [1.29, 1.82) is 0 Å². The van der Waals surface area contributed by atoms with Gasteiger partial charge in [0.1, 0.15) is 0 Å². The predicted octanol–water partition coefficient (Wildman–Crippen LogP) is 3.06. The Morgan fingerprint density at radius 2 is 1.64 bits per heavy atom. The first-order valence-electron chi connectivity index (χ1n) is 10.1. The molecule has 4 aliphatic rings. The second-order valence-corrected chi connectivity index (χ2v) is 12.0. The molecule has 0 saturated heterocycles. The van der Waals surface area contributed by atoms with Crippen LogP contribution in [0.1, 0.15) is 64.9 Å². The Morgan fingerprint density at radius 1 is 1.07 bits per heavy atom. The molecule has 0 heterocycles. The SMILES string of the molecule is CC(C)(C)c1ccc(S(=O)(=O)NC(=O)NC23C[C@@H]4C[C@@H](CC(O)(C4)C2)C3)cc1. The molecule has 0 aromatic heterocycles. The number of amides is 2. The number of sulfonamides is 1. The molecule has 4 aliphatic carbocycles. The molecule has 6 nitrogen and oxygen atoms in total. The molecule has 4 bridgehead atoms. The third kappa shape index (κ3) is 3.66. The van der Waals surface area contributed by atoms with Gasteiger partial charge in [0.25, 0.3) is 10.0 Å². The number of urea groups is 1. The Balaban J connectivity index is 1.46. The smallest absolute Gasteiger partial charge is 0.329 e. The fourth-order valence-corrected chi connectivity index (χ4v) is 6.85. The molecule has 2 amide bonds. The summed E-state index contributed by atoms with van der Waals surface area (Å²) in [6.07, 6.45) is 4.85.